The second-order valence-corrected chi connectivity index (χ2v) is 6.84. The minimum atomic E-state index is -3.80. The second kappa shape index (κ2) is 6.89. The Morgan fingerprint density at radius 1 is 1.33 bits per heavy atom. The minimum Gasteiger partial charge on any atom is -0.395 e. The minimum absolute atomic E-state index is 0.116. The molecule has 0 atom stereocenters. The Morgan fingerprint density at radius 2 is 2.00 bits per heavy atom. The molecule has 21 heavy (non-hydrogen) atoms. The van der Waals surface area contributed by atoms with E-state index in [2.05, 4.69) is 21.3 Å². The molecule has 5 nitrogen and oxygen atoms in total. The summed E-state index contributed by atoms with van der Waals surface area (Å²) in [6.45, 7) is 5.01. The summed E-state index contributed by atoms with van der Waals surface area (Å²) in [7, 11) is -3.80. The topological polar surface area (TPSA) is 78.4 Å². The summed E-state index contributed by atoms with van der Waals surface area (Å²) in [4.78, 5) is 0. The lowest BCUT2D eigenvalue weighted by Crippen LogP contribution is -2.43. The van der Waals surface area contributed by atoms with Gasteiger partial charge in [0.05, 0.1) is 17.9 Å². The summed E-state index contributed by atoms with van der Waals surface area (Å²) >= 11 is 0. The van der Waals surface area contributed by atoms with Crippen LogP contribution in [0.1, 0.15) is 32.8 Å². The number of aliphatic hydroxyl groups excluding tert-OH is 1. The van der Waals surface area contributed by atoms with Crippen molar-refractivity contribution < 1.29 is 17.9 Å². The zero-order valence-corrected chi connectivity index (χ0v) is 13.0. The van der Waals surface area contributed by atoms with Crippen LogP contribution in [0.25, 0.3) is 0 Å². The normalized spacial score (nSPS) is 11.7. The number of anilines is 1. The van der Waals surface area contributed by atoms with Gasteiger partial charge >= 0.3 is 0 Å². The fraction of sp³-hybridized carbons (Fsp3) is 0.429. The van der Waals surface area contributed by atoms with Gasteiger partial charge in [-0.1, -0.05) is 11.8 Å². The third-order valence-electron chi connectivity index (χ3n) is 2.13. The van der Waals surface area contributed by atoms with Gasteiger partial charge in [0.1, 0.15) is 5.82 Å². The first-order valence-corrected chi connectivity index (χ1v) is 7.82. The first kappa shape index (κ1) is 17.4. The van der Waals surface area contributed by atoms with Crippen molar-refractivity contribution in [3.8, 4) is 11.8 Å². The van der Waals surface area contributed by atoms with E-state index in [1.165, 1.54) is 6.07 Å². The lowest BCUT2D eigenvalue weighted by atomic mass is 10.1. The molecule has 0 radical (unpaired) electrons. The molecule has 7 heteroatoms. The number of hydrogen-bond acceptors (Lipinski definition) is 3. The van der Waals surface area contributed by atoms with E-state index < -0.39 is 21.6 Å². The SMILES string of the molecule is CC(C)(C)NS(=O)(=O)Nc1ccc(F)cc1C#CCCO. The van der Waals surface area contributed by atoms with Crippen molar-refractivity contribution in [2.75, 3.05) is 11.3 Å². The van der Waals surface area contributed by atoms with E-state index in [-0.39, 0.29) is 24.3 Å². The molecule has 0 aliphatic rings. The van der Waals surface area contributed by atoms with Gasteiger partial charge in [0.15, 0.2) is 0 Å². The third-order valence-corrected chi connectivity index (χ3v) is 3.50. The Balaban J connectivity index is 3.06. The number of benzene rings is 1. The average molecular weight is 314 g/mol. The number of halogens is 1. The summed E-state index contributed by atoms with van der Waals surface area (Å²) in [6, 6.07) is 3.59. The van der Waals surface area contributed by atoms with Crippen molar-refractivity contribution in [3.05, 3.63) is 29.6 Å². The van der Waals surface area contributed by atoms with Gasteiger partial charge in [0.2, 0.25) is 0 Å². The predicted octanol–water partition coefficient (Wildman–Crippen LogP) is 1.60. The smallest absolute Gasteiger partial charge is 0.299 e. The highest BCUT2D eigenvalue weighted by molar-refractivity contribution is 7.90. The summed E-state index contributed by atoms with van der Waals surface area (Å²) in [5.74, 6) is 4.75. The Hall–Kier alpha value is -1.62. The van der Waals surface area contributed by atoms with Gasteiger partial charge in [-0.2, -0.15) is 13.1 Å². The summed E-state index contributed by atoms with van der Waals surface area (Å²) in [5.41, 5.74) is -0.254. The van der Waals surface area contributed by atoms with E-state index in [4.69, 9.17) is 5.11 Å². The molecule has 0 amide bonds. The number of rotatable bonds is 4. The number of nitrogens with one attached hydrogen (secondary N) is 2. The van der Waals surface area contributed by atoms with Gasteiger partial charge in [0.25, 0.3) is 10.2 Å². The Kier molecular flexibility index (Phi) is 5.72. The van der Waals surface area contributed by atoms with Crippen molar-refractivity contribution in [1.82, 2.24) is 4.72 Å². The lowest BCUT2D eigenvalue weighted by Gasteiger charge is -2.21. The first-order chi connectivity index (χ1) is 9.63. The molecule has 116 valence electrons. The second-order valence-electron chi connectivity index (χ2n) is 5.42. The fourth-order valence-electron chi connectivity index (χ4n) is 1.50. The van der Waals surface area contributed by atoms with Crippen LogP contribution in [-0.2, 0) is 10.2 Å². The van der Waals surface area contributed by atoms with Gasteiger partial charge in [0, 0.05) is 12.0 Å². The summed E-state index contributed by atoms with van der Waals surface area (Å²) < 4.78 is 42.0. The molecular weight excluding hydrogens is 295 g/mol. The Morgan fingerprint density at radius 3 is 2.57 bits per heavy atom. The molecule has 1 aromatic carbocycles. The zero-order valence-electron chi connectivity index (χ0n) is 12.2. The highest BCUT2D eigenvalue weighted by atomic mass is 32.2. The van der Waals surface area contributed by atoms with E-state index in [1.807, 2.05) is 0 Å². The van der Waals surface area contributed by atoms with Crippen LogP contribution >= 0.6 is 0 Å². The average Bonchev–Trinajstić information content (AvgIpc) is 2.29. The molecule has 1 aromatic rings. The lowest BCUT2D eigenvalue weighted by molar-refractivity contribution is 0.305. The molecule has 1 rings (SSSR count). The Bertz CT molecular complexity index is 655. The molecule has 0 saturated heterocycles. The molecule has 0 aliphatic heterocycles. The fourth-order valence-corrected chi connectivity index (χ4v) is 2.82. The van der Waals surface area contributed by atoms with E-state index in [1.54, 1.807) is 20.8 Å². The zero-order chi connectivity index (χ0) is 16.1. The van der Waals surface area contributed by atoms with Crippen LogP contribution in [0.3, 0.4) is 0 Å². The van der Waals surface area contributed by atoms with E-state index in [9.17, 15) is 12.8 Å². The van der Waals surface area contributed by atoms with Gasteiger partial charge in [-0.05, 0) is 39.0 Å². The molecule has 3 N–H and O–H groups in total. The van der Waals surface area contributed by atoms with E-state index >= 15 is 0 Å². The summed E-state index contributed by atoms with van der Waals surface area (Å²) in [5, 5.41) is 8.68. The van der Waals surface area contributed by atoms with E-state index in [0.717, 1.165) is 12.1 Å². The van der Waals surface area contributed by atoms with Crippen molar-refractivity contribution in [3.63, 3.8) is 0 Å². The standard InChI is InChI=1S/C14H19FN2O3S/c1-14(2,3)17-21(19,20)16-13-8-7-12(15)10-11(13)6-4-5-9-18/h7-8,10,16-18H,5,9H2,1-3H3. The predicted molar refractivity (Wildman–Crippen MR) is 80.4 cm³/mol. The first-order valence-electron chi connectivity index (χ1n) is 6.34. The summed E-state index contributed by atoms with van der Waals surface area (Å²) in [6.07, 6.45) is 0.225. The molecule has 0 aliphatic carbocycles. The van der Waals surface area contributed by atoms with Crippen LogP contribution in [0.5, 0.6) is 0 Å². The molecule has 0 heterocycles. The third kappa shape index (κ3) is 6.58. The maximum Gasteiger partial charge on any atom is 0.299 e. The molecule has 0 saturated carbocycles. The highest BCUT2D eigenvalue weighted by Gasteiger charge is 2.20. The van der Waals surface area contributed by atoms with Crippen LogP contribution in [-0.4, -0.2) is 25.7 Å². The van der Waals surface area contributed by atoms with Crippen molar-refractivity contribution in [2.24, 2.45) is 0 Å². The van der Waals surface area contributed by atoms with Gasteiger partial charge in [-0.25, -0.2) is 4.39 Å². The number of hydrogen-bond donors (Lipinski definition) is 3. The van der Waals surface area contributed by atoms with Crippen LogP contribution in [0.4, 0.5) is 10.1 Å². The van der Waals surface area contributed by atoms with Gasteiger partial charge < -0.3 is 5.11 Å². The molecule has 0 aromatic heterocycles. The number of aliphatic hydroxyl groups is 1. The van der Waals surface area contributed by atoms with Crippen LogP contribution in [0.15, 0.2) is 18.2 Å². The Labute approximate surface area is 124 Å². The van der Waals surface area contributed by atoms with Crippen LogP contribution in [0, 0.1) is 17.7 Å². The van der Waals surface area contributed by atoms with E-state index in [0.29, 0.717) is 0 Å². The molecule has 0 fully saturated rings. The maximum atomic E-state index is 13.3. The van der Waals surface area contributed by atoms with Crippen LogP contribution < -0.4 is 9.44 Å². The monoisotopic (exact) mass is 314 g/mol. The molecule has 0 unspecified atom stereocenters. The quantitative estimate of drug-likeness (QED) is 0.739. The highest BCUT2D eigenvalue weighted by Crippen LogP contribution is 2.18. The van der Waals surface area contributed by atoms with Crippen molar-refractivity contribution in [2.45, 2.75) is 32.7 Å². The van der Waals surface area contributed by atoms with Crippen LogP contribution in [0.2, 0.25) is 0 Å². The largest absolute Gasteiger partial charge is 0.395 e. The molecular formula is C14H19FN2O3S. The van der Waals surface area contributed by atoms with Crippen molar-refractivity contribution >= 4 is 15.9 Å². The molecule has 0 bridgehead atoms. The van der Waals surface area contributed by atoms with Crippen molar-refractivity contribution in [1.29, 1.82) is 0 Å². The van der Waals surface area contributed by atoms with Gasteiger partial charge in [-0.3, -0.25) is 4.72 Å². The van der Waals surface area contributed by atoms with Gasteiger partial charge in [-0.15, -0.1) is 0 Å². The maximum absolute atomic E-state index is 13.3. The molecule has 0 spiro atoms.